The van der Waals surface area contributed by atoms with Gasteiger partial charge in [-0.25, -0.2) is 0 Å². The van der Waals surface area contributed by atoms with Crippen LogP contribution < -0.4 is 10.6 Å². The molecule has 0 spiro atoms. The first-order valence-electron chi connectivity index (χ1n) is 6.57. The molecule has 1 aromatic rings. The van der Waals surface area contributed by atoms with Crippen molar-refractivity contribution in [1.82, 2.24) is 10.2 Å². The number of anilines is 1. The van der Waals surface area contributed by atoms with Crippen LogP contribution in [0.3, 0.4) is 0 Å². The lowest BCUT2D eigenvalue weighted by Gasteiger charge is -2.31. The molecule has 5 nitrogen and oxygen atoms in total. The summed E-state index contributed by atoms with van der Waals surface area (Å²) >= 11 is 6.05. The van der Waals surface area contributed by atoms with Crippen molar-refractivity contribution >= 4 is 23.2 Å². The van der Waals surface area contributed by atoms with E-state index in [4.69, 9.17) is 16.9 Å². The van der Waals surface area contributed by atoms with Crippen molar-refractivity contribution in [3.63, 3.8) is 0 Å². The maximum absolute atomic E-state index is 12.2. The van der Waals surface area contributed by atoms with E-state index in [0.29, 0.717) is 16.3 Å². The lowest BCUT2D eigenvalue weighted by Crippen LogP contribution is -2.51. The summed E-state index contributed by atoms with van der Waals surface area (Å²) in [5.74, 6) is -0.0847. The minimum Gasteiger partial charge on any atom is -0.323 e. The zero-order valence-corrected chi connectivity index (χ0v) is 12.1. The van der Waals surface area contributed by atoms with Gasteiger partial charge >= 0.3 is 0 Å². The van der Waals surface area contributed by atoms with Crippen molar-refractivity contribution in [3.05, 3.63) is 28.8 Å². The normalized spacial score (nSPS) is 17.2. The third kappa shape index (κ3) is 3.48. The molecule has 0 aliphatic carbocycles. The minimum absolute atomic E-state index is 0.0847. The van der Waals surface area contributed by atoms with Crippen molar-refractivity contribution in [2.24, 2.45) is 0 Å². The number of piperazine rings is 1. The van der Waals surface area contributed by atoms with Crippen LogP contribution in [-0.4, -0.2) is 43.0 Å². The topological polar surface area (TPSA) is 68.2 Å². The van der Waals surface area contributed by atoms with Gasteiger partial charge in [-0.2, -0.15) is 5.26 Å². The van der Waals surface area contributed by atoms with Crippen LogP contribution in [-0.2, 0) is 4.79 Å². The van der Waals surface area contributed by atoms with E-state index < -0.39 is 0 Å². The molecule has 1 atom stereocenters. The zero-order valence-electron chi connectivity index (χ0n) is 11.3. The van der Waals surface area contributed by atoms with Gasteiger partial charge in [0.15, 0.2) is 0 Å². The Labute approximate surface area is 123 Å². The summed E-state index contributed by atoms with van der Waals surface area (Å²) in [6.45, 7) is 5.40. The first-order valence-corrected chi connectivity index (χ1v) is 6.95. The average molecular weight is 293 g/mol. The Morgan fingerprint density at radius 3 is 2.80 bits per heavy atom. The molecule has 1 aliphatic heterocycles. The average Bonchev–Trinajstić information content (AvgIpc) is 2.49. The number of nitriles is 1. The fourth-order valence-corrected chi connectivity index (χ4v) is 2.39. The zero-order chi connectivity index (χ0) is 14.5. The second kappa shape index (κ2) is 6.71. The smallest absolute Gasteiger partial charge is 0.241 e. The van der Waals surface area contributed by atoms with E-state index in [9.17, 15) is 4.79 Å². The molecular formula is C14H17ClN4O. The molecule has 0 aromatic heterocycles. The van der Waals surface area contributed by atoms with Crippen LogP contribution in [0.15, 0.2) is 18.2 Å². The summed E-state index contributed by atoms with van der Waals surface area (Å²) in [5.41, 5.74) is 1.01. The summed E-state index contributed by atoms with van der Waals surface area (Å²) in [7, 11) is 0. The van der Waals surface area contributed by atoms with Crippen LogP contribution in [0.4, 0.5) is 5.69 Å². The van der Waals surface area contributed by atoms with Crippen LogP contribution in [0.2, 0.25) is 5.02 Å². The van der Waals surface area contributed by atoms with Crippen molar-refractivity contribution in [2.75, 3.05) is 31.5 Å². The SMILES string of the molecule is CC(C(=O)Nc1ccc(C#N)cc1Cl)N1CCNCC1. The Kier molecular flexibility index (Phi) is 4.96. The van der Waals surface area contributed by atoms with Crippen LogP contribution in [0.25, 0.3) is 0 Å². The van der Waals surface area contributed by atoms with Crippen molar-refractivity contribution in [2.45, 2.75) is 13.0 Å². The molecule has 1 aliphatic rings. The molecule has 2 rings (SSSR count). The number of nitrogens with zero attached hydrogens (tertiary/aromatic N) is 2. The highest BCUT2D eigenvalue weighted by atomic mass is 35.5. The minimum atomic E-state index is -0.205. The number of hydrogen-bond acceptors (Lipinski definition) is 4. The molecule has 0 bridgehead atoms. The summed E-state index contributed by atoms with van der Waals surface area (Å²) in [6, 6.07) is 6.65. The monoisotopic (exact) mass is 292 g/mol. The van der Waals surface area contributed by atoms with E-state index in [1.54, 1.807) is 18.2 Å². The van der Waals surface area contributed by atoms with Gasteiger partial charge < -0.3 is 10.6 Å². The molecular weight excluding hydrogens is 276 g/mol. The third-order valence-corrected chi connectivity index (χ3v) is 3.75. The highest BCUT2D eigenvalue weighted by Gasteiger charge is 2.23. The molecule has 1 fully saturated rings. The second-order valence-electron chi connectivity index (χ2n) is 4.76. The molecule has 1 saturated heterocycles. The summed E-state index contributed by atoms with van der Waals surface area (Å²) in [5, 5.41) is 15.2. The first kappa shape index (κ1) is 14.8. The van der Waals surface area contributed by atoms with Crippen molar-refractivity contribution in [3.8, 4) is 6.07 Å². The van der Waals surface area contributed by atoms with E-state index in [-0.39, 0.29) is 11.9 Å². The van der Waals surface area contributed by atoms with E-state index in [0.717, 1.165) is 26.2 Å². The van der Waals surface area contributed by atoms with E-state index in [2.05, 4.69) is 15.5 Å². The standard InChI is InChI=1S/C14H17ClN4O/c1-10(19-6-4-17-5-7-19)14(20)18-13-3-2-11(9-16)8-12(13)15/h2-3,8,10,17H,4-7H2,1H3,(H,18,20). The van der Waals surface area contributed by atoms with Crippen LogP contribution in [0.5, 0.6) is 0 Å². The number of rotatable bonds is 3. The highest BCUT2D eigenvalue weighted by Crippen LogP contribution is 2.23. The fraction of sp³-hybridized carbons (Fsp3) is 0.429. The van der Waals surface area contributed by atoms with Crippen molar-refractivity contribution in [1.29, 1.82) is 5.26 Å². The predicted octanol–water partition coefficient (Wildman–Crippen LogP) is 1.44. The van der Waals surface area contributed by atoms with E-state index in [1.807, 2.05) is 13.0 Å². The Morgan fingerprint density at radius 2 is 2.20 bits per heavy atom. The molecule has 0 radical (unpaired) electrons. The van der Waals surface area contributed by atoms with Gasteiger partial charge in [0.25, 0.3) is 0 Å². The number of amides is 1. The van der Waals surface area contributed by atoms with Crippen LogP contribution >= 0.6 is 11.6 Å². The molecule has 20 heavy (non-hydrogen) atoms. The highest BCUT2D eigenvalue weighted by molar-refractivity contribution is 6.33. The molecule has 0 saturated carbocycles. The van der Waals surface area contributed by atoms with Crippen LogP contribution in [0.1, 0.15) is 12.5 Å². The van der Waals surface area contributed by atoms with Crippen molar-refractivity contribution < 1.29 is 4.79 Å². The van der Waals surface area contributed by atoms with Gasteiger partial charge in [0.1, 0.15) is 0 Å². The van der Waals surface area contributed by atoms with Gasteiger partial charge in [0, 0.05) is 26.2 Å². The first-order chi connectivity index (χ1) is 9.61. The number of halogens is 1. The Bertz CT molecular complexity index is 534. The van der Waals surface area contributed by atoms with Crippen LogP contribution in [0, 0.1) is 11.3 Å². The number of hydrogen-bond donors (Lipinski definition) is 2. The van der Waals surface area contributed by atoms with E-state index in [1.165, 1.54) is 0 Å². The third-order valence-electron chi connectivity index (χ3n) is 3.43. The summed E-state index contributed by atoms with van der Waals surface area (Å²) < 4.78 is 0. The lowest BCUT2D eigenvalue weighted by atomic mass is 10.2. The number of carbonyl (C=O) groups is 1. The van der Waals surface area contributed by atoms with Gasteiger partial charge in [-0.15, -0.1) is 0 Å². The van der Waals surface area contributed by atoms with Gasteiger partial charge in [0.2, 0.25) is 5.91 Å². The molecule has 1 heterocycles. The largest absolute Gasteiger partial charge is 0.323 e. The number of benzene rings is 1. The second-order valence-corrected chi connectivity index (χ2v) is 5.16. The summed E-state index contributed by atoms with van der Waals surface area (Å²) in [4.78, 5) is 14.3. The van der Waals surface area contributed by atoms with Gasteiger partial charge in [-0.1, -0.05) is 11.6 Å². The molecule has 6 heteroatoms. The molecule has 1 amide bonds. The predicted molar refractivity (Wildman–Crippen MR) is 78.7 cm³/mol. The molecule has 1 aromatic carbocycles. The van der Waals surface area contributed by atoms with Gasteiger partial charge in [-0.3, -0.25) is 9.69 Å². The molecule has 106 valence electrons. The maximum atomic E-state index is 12.2. The fourth-order valence-electron chi connectivity index (χ4n) is 2.16. The van der Waals surface area contributed by atoms with Gasteiger partial charge in [0.05, 0.1) is 28.4 Å². The molecule has 2 N–H and O–H groups in total. The van der Waals surface area contributed by atoms with Gasteiger partial charge in [-0.05, 0) is 25.1 Å². The molecule has 1 unspecified atom stereocenters. The number of carbonyl (C=O) groups excluding carboxylic acids is 1. The Morgan fingerprint density at radius 1 is 1.50 bits per heavy atom. The van der Waals surface area contributed by atoms with E-state index >= 15 is 0 Å². The lowest BCUT2D eigenvalue weighted by molar-refractivity contribution is -0.120. The Balaban J connectivity index is 2.02. The maximum Gasteiger partial charge on any atom is 0.241 e. The quantitative estimate of drug-likeness (QED) is 0.885. The summed E-state index contributed by atoms with van der Waals surface area (Å²) in [6.07, 6.45) is 0. The number of nitrogens with one attached hydrogen (secondary N) is 2. The Hall–Kier alpha value is -1.61.